The van der Waals surface area contributed by atoms with Gasteiger partial charge < -0.3 is 20.9 Å². The molecule has 0 aliphatic carbocycles. The Balaban J connectivity index is 1.44. The molecule has 29 heavy (non-hydrogen) atoms. The van der Waals surface area contributed by atoms with E-state index < -0.39 is 6.43 Å². The monoisotopic (exact) mass is 400 g/mol. The van der Waals surface area contributed by atoms with Crippen molar-refractivity contribution >= 4 is 17.3 Å². The molecule has 6 nitrogen and oxygen atoms in total. The number of anilines is 3. The minimum Gasteiger partial charge on any atom is -0.365 e. The van der Waals surface area contributed by atoms with Crippen molar-refractivity contribution in [3.05, 3.63) is 41.7 Å². The highest BCUT2D eigenvalue weighted by molar-refractivity contribution is 5.62. The zero-order valence-electron chi connectivity index (χ0n) is 16.2. The molecular weight excluding hydrogens is 374 g/mol. The van der Waals surface area contributed by atoms with Crippen LogP contribution in [0.1, 0.15) is 42.9 Å². The molecule has 0 saturated carbocycles. The molecule has 5 heterocycles. The number of nitrogens with zero attached hydrogens (tertiary/aromatic N) is 3. The summed E-state index contributed by atoms with van der Waals surface area (Å²) in [4.78, 5) is 11.5. The lowest BCUT2D eigenvalue weighted by Gasteiger charge is -2.31. The first kappa shape index (κ1) is 18.7. The lowest BCUT2D eigenvalue weighted by atomic mass is 9.93. The zero-order chi connectivity index (χ0) is 19.8. The van der Waals surface area contributed by atoms with E-state index in [1.54, 1.807) is 6.07 Å². The summed E-state index contributed by atoms with van der Waals surface area (Å²) in [5.41, 5.74) is 2.22. The van der Waals surface area contributed by atoms with Crippen molar-refractivity contribution in [3.8, 4) is 0 Å². The Kier molecular flexibility index (Phi) is 5.05. The molecule has 5 rings (SSSR count). The Morgan fingerprint density at radius 1 is 1.14 bits per heavy atom. The van der Waals surface area contributed by atoms with E-state index >= 15 is 0 Å². The third-order valence-electron chi connectivity index (χ3n) is 6.27. The van der Waals surface area contributed by atoms with E-state index in [4.69, 9.17) is 4.98 Å². The highest BCUT2D eigenvalue weighted by atomic mass is 19.3. The van der Waals surface area contributed by atoms with E-state index in [2.05, 4.69) is 38.0 Å². The predicted octanol–water partition coefficient (Wildman–Crippen LogP) is 3.18. The van der Waals surface area contributed by atoms with E-state index in [-0.39, 0.29) is 5.56 Å². The van der Waals surface area contributed by atoms with Crippen LogP contribution in [0.4, 0.5) is 26.1 Å². The molecule has 2 bridgehead atoms. The Morgan fingerprint density at radius 2 is 2.00 bits per heavy atom. The average molecular weight is 400 g/mol. The molecule has 3 aliphatic heterocycles. The van der Waals surface area contributed by atoms with E-state index in [1.807, 2.05) is 0 Å². The van der Waals surface area contributed by atoms with Crippen LogP contribution in [0.3, 0.4) is 0 Å². The molecule has 2 atom stereocenters. The van der Waals surface area contributed by atoms with E-state index in [1.165, 1.54) is 24.4 Å². The maximum Gasteiger partial charge on any atom is 0.265 e. The van der Waals surface area contributed by atoms with Gasteiger partial charge >= 0.3 is 0 Å². The van der Waals surface area contributed by atoms with Crippen LogP contribution in [0.15, 0.2) is 30.5 Å². The van der Waals surface area contributed by atoms with Gasteiger partial charge in [-0.1, -0.05) is 0 Å². The molecule has 3 fully saturated rings. The second-order valence-electron chi connectivity index (χ2n) is 8.21. The first-order chi connectivity index (χ1) is 14.2. The van der Waals surface area contributed by atoms with Gasteiger partial charge in [-0.25, -0.2) is 18.7 Å². The summed E-state index contributed by atoms with van der Waals surface area (Å²) in [5, 5.41) is 10.2. The highest BCUT2D eigenvalue weighted by Gasteiger charge is 2.38. The molecule has 154 valence electrons. The van der Waals surface area contributed by atoms with E-state index in [0.717, 1.165) is 50.5 Å². The molecule has 0 amide bonds. The maximum atomic E-state index is 12.8. The van der Waals surface area contributed by atoms with Crippen molar-refractivity contribution in [2.24, 2.45) is 0 Å². The van der Waals surface area contributed by atoms with Crippen LogP contribution in [0.5, 0.6) is 0 Å². The quantitative estimate of drug-likeness (QED) is 0.717. The number of pyridine rings is 2. The Hall–Kier alpha value is -2.32. The Morgan fingerprint density at radius 3 is 2.66 bits per heavy atom. The molecule has 2 aromatic heterocycles. The smallest absolute Gasteiger partial charge is 0.265 e. The molecule has 0 aromatic carbocycles. The van der Waals surface area contributed by atoms with Gasteiger partial charge in [-0.05, 0) is 50.6 Å². The first-order valence-corrected chi connectivity index (χ1v) is 10.4. The molecule has 3 N–H and O–H groups in total. The van der Waals surface area contributed by atoms with E-state index in [9.17, 15) is 8.78 Å². The fourth-order valence-electron chi connectivity index (χ4n) is 4.71. The van der Waals surface area contributed by atoms with Crippen molar-refractivity contribution in [3.63, 3.8) is 0 Å². The summed E-state index contributed by atoms with van der Waals surface area (Å²) in [7, 11) is 0. The minimum atomic E-state index is -2.51. The van der Waals surface area contributed by atoms with Crippen LogP contribution in [-0.2, 0) is 0 Å². The number of hydrogen-bond donors (Lipinski definition) is 3. The zero-order valence-corrected chi connectivity index (χ0v) is 16.2. The summed E-state index contributed by atoms with van der Waals surface area (Å²) in [6, 6.07) is 8.39. The minimum absolute atomic E-state index is 0.0757. The van der Waals surface area contributed by atoms with E-state index in [0.29, 0.717) is 23.8 Å². The molecule has 3 aliphatic rings. The lowest BCUT2D eigenvalue weighted by molar-refractivity contribution is 0.151. The highest BCUT2D eigenvalue weighted by Crippen LogP contribution is 2.34. The van der Waals surface area contributed by atoms with Crippen molar-refractivity contribution in [1.82, 2.24) is 20.6 Å². The standard InChI is InChI=1S/C21H26F2N6/c22-21(23)14-1-2-19(26-10-14)28-20-9-16(29-12-15-7-17(29)11-25-15)8-18(27-20)13-3-5-24-6-4-13/h1-2,8-10,13,15,17,21,24-25H,3-7,11-12H2,(H,26,27,28). The van der Waals surface area contributed by atoms with Crippen LogP contribution >= 0.6 is 0 Å². The normalized spacial score (nSPS) is 24.4. The third kappa shape index (κ3) is 3.91. The number of alkyl halides is 2. The van der Waals surface area contributed by atoms with Gasteiger partial charge in [0.25, 0.3) is 6.43 Å². The second kappa shape index (κ2) is 7.84. The number of aromatic nitrogens is 2. The van der Waals surface area contributed by atoms with Crippen LogP contribution < -0.4 is 20.9 Å². The van der Waals surface area contributed by atoms with Crippen LogP contribution in [0, 0.1) is 0 Å². The predicted molar refractivity (Wildman–Crippen MR) is 109 cm³/mol. The number of piperidine rings is 1. The molecule has 2 unspecified atom stereocenters. The number of fused-ring (bicyclic) bond motifs is 2. The average Bonchev–Trinajstić information content (AvgIpc) is 3.38. The topological polar surface area (TPSA) is 65.1 Å². The van der Waals surface area contributed by atoms with Crippen LogP contribution in [0.25, 0.3) is 0 Å². The second-order valence-corrected chi connectivity index (χ2v) is 8.21. The summed E-state index contributed by atoms with van der Waals surface area (Å²) >= 11 is 0. The van der Waals surface area contributed by atoms with Gasteiger partial charge in [0.15, 0.2) is 0 Å². The molecule has 0 spiro atoms. The lowest BCUT2D eigenvalue weighted by Crippen LogP contribution is -2.43. The SMILES string of the molecule is FC(F)c1ccc(Nc2cc(N3CC4CC3CN4)cc(C3CCNCC3)n2)nc1. The van der Waals surface area contributed by atoms with Gasteiger partial charge in [0.1, 0.15) is 11.6 Å². The van der Waals surface area contributed by atoms with Gasteiger partial charge in [0.2, 0.25) is 0 Å². The number of hydrogen-bond acceptors (Lipinski definition) is 6. The maximum absolute atomic E-state index is 12.8. The molecule has 0 radical (unpaired) electrons. The number of piperazine rings is 1. The van der Waals surface area contributed by atoms with Gasteiger partial charge in [0.05, 0.1) is 0 Å². The fourth-order valence-corrected chi connectivity index (χ4v) is 4.71. The molecular formula is C21H26F2N6. The largest absolute Gasteiger partial charge is 0.365 e. The van der Waals surface area contributed by atoms with Crippen LogP contribution in [0.2, 0.25) is 0 Å². The summed E-state index contributed by atoms with van der Waals surface area (Å²) in [5.74, 6) is 1.69. The first-order valence-electron chi connectivity index (χ1n) is 10.4. The van der Waals surface area contributed by atoms with Crippen molar-refractivity contribution in [2.45, 2.75) is 43.7 Å². The Bertz CT molecular complexity index is 853. The number of rotatable bonds is 5. The molecule has 8 heteroatoms. The van der Waals surface area contributed by atoms with Crippen molar-refractivity contribution < 1.29 is 8.78 Å². The molecule has 2 aromatic rings. The van der Waals surface area contributed by atoms with Gasteiger partial charge in [-0.3, -0.25) is 0 Å². The summed E-state index contributed by atoms with van der Waals surface area (Å²) in [6.45, 7) is 4.05. The molecule has 3 saturated heterocycles. The van der Waals surface area contributed by atoms with Crippen molar-refractivity contribution in [1.29, 1.82) is 0 Å². The fraction of sp³-hybridized carbons (Fsp3) is 0.524. The van der Waals surface area contributed by atoms with Gasteiger partial charge in [-0.2, -0.15) is 0 Å². The van der Waals surface area contributed by atoms with Crippen LogP contribution in [-0.4, -0.2) is 48.2 Å². The Labute approximate surface area is 169 Å². The third-order valence-corrected chi connectivity index (χ3v) is 6.27. The summed E-state index contributed by atoms with van der Waals surface area (Å²) < 4.78 is 25.6. The summed E-state index contributed by atoms with van der Waals surface area (Å²) in [6.07, 6.45) is 2.04. The van der Waals surface area contributed by atoms with Gasteiger partial charge in [0, 0.05) is 60.3 Å². The number of nitrogens with one attached hydrogen (secondary N) is 3. The van der Waals surface area contributed by atoms with Crippen molar-refractivity contribution in [2.75, 3.05) is 36.4 Å². The number of halogens is 2. The van der Waals surface area contributed by atoms with Gasteiger partial charge in [-0.15, -0.1) is 0 Å².